The van der Waals surface area contributed by atoms with Gasteiger partial charge in [-0.3, -0.25) is 9.80 Å². The van der Waals surface area contributed by atoms with Gasteiger partial charge in [0.25, 0.3) is 0 Å². The first-order valence-electron chi connectivity index (χ1n) is 26.3. The number of aromatic nitrogens is 4. The molecule has 0 spiro atoms. The van der Waals surface area contributed by atoms with Gasteiger partial charge in [-0.15, -0.1) is 0 Å². The lowest BCUT2D eigenvalue weighted by Crippen LogP contribution is -2.11. The Hall–Kier alpha value is -10.6. The van der Waals surface area contributed by atoms with Crippen LogP contribution >= 0.6 is 0 Å². The molecule has 0 atom stereocenters. The molecule has 0 saturated carbocycles. The van der Waals surface area contributed by atoms with Crippen LogP contribution in [-0.4, -0.2) is 19.1 Å². The monoisotopic (exact) mass is 1000 g/mol. The van der Waals surface area contributed by atoms with Crippen LogP contribution in [0.1, 0.15) is 0 Å². The summed E-state index contributed by atoms with van der Waals surface area (Å²) in [5.74, 6) is 1.69. The predicted molar refractivity (Wildman–Crippen MR) is 323 cm³/mol. The maximum atomic E-state index is 4.82. The van der Waals surface area contributed by atoms with Crippen molar-refractivity contribution in [3.63, 3.8) is 0 Å². The highest BCUT2D eigenvalue weighted by atomic mass is 15.2. The van der Waals surface area contributed by atoms with Crippen molar-refractivity contribution < 1.29 is 0 Å². The van der Waals surface area contributed by atoms with E-state index in [0.29, 0.717) is 0 Å². The highest BCUT2D eigenvalue weighted by Crippen LogP contribution is 2.40. The highest BCUT2D eigenvalue weighted by Gasteiger charge is 2.20. The Labute approximate surface area is 455 Å². The molecule has 6 heteroatoms. The van der Waals surface area contributed by atoms with Gasteiger partial charge < -0.3 is 9.13 Å². The molecule has 0 saturated heterocycles. The Morgan fingerprint density at radius 3 is 0.731 bits per heavy atom. The molecule has 370 valence electrons. The summed E-state index contributed by atoms with van der Waals surface area (Å²) in [6, 6.07) is 107. The molecular formula is C72H52N6. The normalized spacial score (nSPS) is 11.1. The number of rotatable bonds is 14. The molecule has 13 rings (SSSR count). The fraction of sp³-hybridized carbons (Fsp3) is 0. The summed E-state index contributed by atoms with van der Waals surface area (Å²) in [6.45, 7) is 0. The van der Waals surface area contributed by atoms with Crippen LogP contribution in [0.4, 0.5) is 34.4 Å². The molecule has 0 amide bonds. The highest BCUT2D eigenvalue weighted by molar-refractivity contribution is 5.82. The van der Waals surface area contributed by atoms with E-state index in [9.17, 15) is 0 Å². The van der Waals surface area contributed by atoms with Crippen LogP contribution in [0.5, 0.6) is 0 Å². The van der Waals surface area contributed by atoms with Crippen LogP contribution in [0.2, 0.25) is 0 Å². The van der Waals surface area contributed by atoms with Crippen LogP contribution in [0.25, 0.3) is 78.7 Å². The smallest absolute Gasteiger partial charge is 0.137 e. The van der Waals surface area contributed by atoms with E-state index >= 15 is 0 Å². The minimum absolute atomic E-state index is 0.844. The van der Waals surface area contributed by atoms with E-state index in [1.807, 2.05) is 36.7 Å². The second-order valence-corrected chi connectivity index (χ2v) is 19.1. The minimum atomic E-state index is 0.844. The fourth-order valence-corrected chi connectivity index (χ4v) is 10.5. The van der Waals surface area contributed by atoms with Crippen molar-refractivity contribution in [2.45, 2.75) is 0 Å². The van der Waals surface area contributed by atoms with Crippen LogP contribution in [-0.2, 0) is 0 Å². The van der Waals surface area contributed by atoms with Crippen molar-refractivity contribution in [1.29, 1.82) is 0 Å². The Morgan fingerprint density at radius 2 is 0.449 bits per heavy atom. The van der Waals surface area contributed by atoms with Crippen LogP contribution in [0.15, 0.2) is 316 Å². The average Bonchev–Trinajstić information content (AvgIpc) is 4.21. The third-order valence-corrected chi connectivity index (χ3v) is 14.3. The molecule has 13 aromatic rings. The van der Waals surface area contributed by atoms with Gasteiger partial charge in [-0.05, 0) is 166 Å². The lowest BCUT2D eigenvalue weighted by Gasteiger charge is -2.25. The molecule has 6 nitrogen and oxygen atoms in total. The average molecular weight is 1000 g/mol. The number of para-hydroxylation sites is 2. The molecule has 0 unspecified atom stereocenters. The minimum Gasteiger partial charge on any atom is -0.309 e. The van der Waals surface area contributed by atoms with Crippen molar-refractivity contribution >= 4 is 34.4 Å². The third kappa shape index (κ3) is 9.47. The predicted octanol–water partition coefficient (Wildman–Crippen LogP) is 19.0. The van der Waals surface area contributed by atoms with Gasteiger partial charge in [0.2, 0.25) is 0 Å². The Bertz CT molecular complexity index is 3780. The van der Waals surface area contributed by atoms with Gasteiger partial charge in [0.15, 0.2) is 0 Å². The molecule has 9 aromatic carbocycles. The molecule has 4 aromatic heterocycles. The van der Waals surface area contributed by atoms with E-state index in [2.05, 4.69) is 298 Å². The van der Waals surface area contributed by atoms with Gasteiger partial charge in [-0.2, -0.15) is 0 Å². The van der Waals surface area contributed by atoms with Gasteiger partial charge in [0.1, 0.15) is 11.6 Å². The van der Waals surface area contributed by atoms with Crippen molar-refractivity contribution in [3.05, 3.63) is 316 Å². The van der Waals surface area contributed by atoms with Crippen molar-refractivity contribution in [3.8, 4) is 78.7 Å². The van der Waals surface area contributed by atoms with Crippen LogP contribution < -0.4 is 9.80 Å². The number of hydrogen-bond donors (Lipinski definition) is 0. The largest absolute Gasteiger partial charge is 0.309 e. The summed E-state index contributed by atoms with van der Waals surface area (Å²) in [5.41, 5.74) is 20.0. The number of anilines is 6. The summed E-state index contributed by atoms with van der Waals surface area (Å²) < 4.78 is 4.68. The van der Waals surface area contributed by atoms with Gasteiger partial charge in [0.05, 0.1) is 22.8 Å². The zero-order valence-electron chi connectivity index (χ0n) is 42.7. The zero-order valence-corrected chi connectivity index (χ0v) is 42.7. The van der Waals surface area contributed by atoms with Crippen LogP contribution in [0, 0.1) is 0 Å². The molecule has 0 fully saturated rings. The maximum absolute atomic E-state index is 4.82. The topological polar surface area (TPSA) is 42.1 Å². The first-order chi connectivity index (χ1) is 38.7. The quantitative estimate of drug-likeness (QED) is 0.109. The molecule has 0 aliphatic rings. The Morgan fingerprint density at radius 1 is 0.205 bits per heavy atom. The number of benzene rings is 9. The standard InChI is InChI=1S/C72H52N6/c1-5-17-57(18-6-1)67-47-49-69(77(67)61-21-9-3-10-22-61)59-35-43-65(44-36-59)75(71-25-13-15-51-73-71)63-39-31-55(32-40-63)53-27-29-54(30-28-53)56-33-41-64(42-34-56)76(72-26-14-16-52-74-72)66-45-37-60(38-46-66)70-50-48-68(58-19-7-2-8-20-58)78(70)62-23-11-4-12-24-62/h1-52H. The molecular weight excluding hydrogens is 949 g/mol. The van der Waals surface area contributed by atoms with Crippen molar-refractivity contribution in [2.24, 2.45) is 0 Å². The Kier molecular flexibility index (Phi) is 12.9. The molecule has 0 N–H and O–H groups in total. The zero-order chi connectivity index (χ0) is 52.0. The van der Waals surface area contributed by atoms with Crippen molar-refractivity contribution in [1.82, 2.24) is 19.1 Å². The lowest BCUT2D eigenvalue weighted by molar-refractivity contribution is 1.09. The molecule has 0 radical (unpaired) electrons. The molecule has 0 aliphatic carbocycles. The fourth-order valence-electron chi connectivity index (χ4n) is 10.5. The molecule has 4 heterocycles. The molecule has 78 heavy (non-hydrogen) atoms. The third-order valence-electron chi connectivity index (χ3n) is 14.3. The van der Waals surface area contributed by atoms with Crippen LogP contribution in [0.3, 0.4) is 0 Å². The van der Waals surface area contributed by atoms with E-state index < -0.39 is 0 Å². The van der Waals surface area contributed by atoms with Gasteiger partial charge in [0, 0.05) is 46.5 Å². The van der Waals surface area contributed by atoms with Gasteiger partial charge in [-0.1, -0.05) is 182 Å². The first-order valence-corrected chi connectivity index (χ1v) is 26.3. The summed E-state index contributed by atoms with van der Waals surface area (Å²) in [4.78, 5) is 14.1. The Balaban J connectivity index is 0.746. The summed E-state index contributed by atoms with van der Waals surface area (Å²) >= 11 is 0. The second-order valence-electron chi connectivity index (χ2n) is 19.1. The maximum Gasteiger partial charge on any atom is 0.137 e. The van der Waals surface area contributed by atoms with E-state index in [1.54, 1.807) is 0 Å². The molecule has 0 aliphatic heterocycles. The van der Waals surface area contributed by atoms with E-state index in [-0.39, 0.29) is 0 Å². The summed E-state index contributed by atoms with van der Waals surface area (Å²) in [5, 5.41) is 0. The number of pyridine rings is 2. The van der Waals surface area contributed by atoms with E-state index in [4.69, 9.17) is 9.97 Å². The SMILES string of the molecule is c1ccc(-c2ccc(-c3ccc(N(c4ccc(-c5ccc(-c6ccc(N(c7ccc(-c8ccc(-c9ccccc9)n8-c8ccccc8)cc7)c7ccccn7)cc6)cc5)cc4)c4ccccn4)cc3)n2-c2ccccc2)cc1. The summed E-state index contributed by atoms with van der Waals surface area (Å²) in [7, 11) is 0. The number of hydrogen-bond acceptors (Lipinski definition) is 4. The second kappa shape index (κ2) is 21.4. The summed E-state index contributed by atoms with van der Waals surface area (Å²) in [6.07, 6.45) is 3.70. The van der Waals surface area contributed by atoms with E-state index in [1.165, 1.54) is 11.1 Å². The lowest BCUT2D eigenvalue weighted by atomic mass is 9.99. The first kappa shape index (κ1) is 47.2. The van der Waals surface area contributed by atoms with Crippen molar-refractivity contribution in [2.75, 3.05) is 9.80 Å². The number of nitrogens with zero attached hydrogens (tertiary/aromatic N) is 6. The molecule has 0 bridgehead atoms. The van der Waals surface area contributed by atoms with Gasteiger partial charge >= 0.3 is 0 Å². The van der Waals surface area contributed by atoms with Gasteiger partial charge in [-0.25, -0.2) is 9.97 Å². The van der Waals surface area contributed by atoms with E-state index in [0.717, 1.165) is 102 Å².